The van der Waals surface area contributed by atoms with Crippen LogP contribution in [0.15, 0.2) is 12.3 Å². The number of nitrogens with one attached hydrogen (secondary N) is 1. The van der Waals surface area contributed by atoms with E-state index < -0.39 is 0 Å². The van der Waals surface area contributed by atoms with Crippen LogP contribution < -0.4 is 5.32 Å². The number of likely N-dealkylation sites (N-methyl/N-ethyl adjacent to an activating group) is 1. The van der Waals surface area contributed by atoms with Crippen LogP contribution >= 0.6 is 0 Å². The molecule has 3 nitrogen and oxygen atoms in total. The van der Waals surface area contributed by atoms with Gasteiger partial charge in [-0.15, -0.1) is 0 Å². The third-order valence-electron chi connectivity index (χ3n) is 2.90. The second kappa shape index (κ2) is 5.15. The van der Waals surface area contributed by atoms with Gasteiger partial charge < -0.3 is 5.32 Å². The molecule has 2 atom stereocenters. The zero-order chi connectivity index (χ0) is 10.6. The molecule has 0 bridgehead atoms. The van der Waals surface area contributed by atoms with Gasteiger partial charge >= 0.3 is 0 Å². The second-order valence-corrected chi connectivity index (χ2v) is 3.97. The van der Waals surface area contributed by atoms with Crippen LogP contribution in [0.5, 0.6) is 0 Å². The number of hydrogen-bond donors (Lipinski definition) is 1. The normalized spacial score (nSPS) is 15.4. The van der Waals surface area contributed by atoms with Crippen LogP contribution in [0.3, 0.4) is 0 Å². The Hall–Kier alpha value is -0.830. The summed E-state index contributed by atoms with van der Waals surface area (Å²) in [7, 11) is 3.99. The van der Waals surface area contributed by atoms with Crippen molar-refractivity contribution in [2.45, 2.75) is 32.7 Å². The fraction of sp³-hybridized carbons (Fsp3) is 0.727. The summed E-state index contributed by atoms with van der Waals surface area (Å²) in [5.41, 5.74) is 1.17. The van der Waals surface area contributed by atoms with Crippen molar-refractivity contribution in [1.82, 2.24) is 15.1 Å². The summed E-state index contributed by atoms with van der Waals surface area (Å²) in [6.07, 6.45) is 4.23. The van der Waals surface area contributed by atoms with E-state index in [2.05, 4.69) is 30.3 Å². The first-order valence-corrected chi connectivity index (χ1v) is 5.33. The van der Waals surface area contributed by atoms with Gasteiger partial charge in [-0.1, -0.05) is 20.3 Å². The Bertz CT molecular complexity index is 267. The van der Waals surface area contributed by atoms with Crippen molar-refractivity contribution in [1.29, 1.82) is 0 Å². The van der Waals surface area contributed by atoms with E-state index in [0.29, 0.717) is 12.0 Å². The van der Waals surface area contributed by atoms with Gasteiger partial charge in [0, 0.05) is 25.7 Å². The Morgan fingerprint density at radius 1 is 1.57 bits per heavy atom. The molecule has 1 aromatic heterocycles. The van der Waals surface area contributed by atoms with Crippen molar-refractivity contribution >= 4 is 0 Å². The lowest BCUT2D eigenvalue weighted by molar-refractivity contribution is 0.383. The Labute approximate surface area is 86.5 Å². The SMILES string of the molecule is CCC(C)C(Cc1ccn(C)n1)NC. The molecule has 0 spiro atoms. The molecule has 0 amide bonds. The highest BCUT2D eigenvalue weighted by Gasteiger charge is 2.14. The van der Waals surface area contributed by atoms with Gasteiger partial charge in [-0.05, 0) is 19.0 Å². The van der Waals surface area contributed by atoms with Gasteiger partial charge in [0.25, 0.3) is 0 Å². The van der Waals surface area contributed by atoms with Crippen molar-refractivity contribution in [2.75, 3.05) is 7.05 Å². The van der Waals surface area contributed by atoms with E-state index in [1.807, 2.05) is 25.0 Å². The van der Waals surface area contributed by atoms with Crippen LogP contribution in [-0.4, -0.2) is 22.9 Å². The molecule has 0 aromatic carbocycles. The lowest BCUT2D eigenvalue weighted by atomic mass is 9.95. The zero-order valence-corrected chi connectivity index (χ0v) is 9.62. The zero-order valence-electron chi connectivity index (χ0n) is 9.62. The van der Waals surface area contributed by atoms with Gasteiger partial charge in [0.05, 0.1) is 5.69 Å². The van der Waals surface area contributed by atoms with Crippen LogP contribution in [0, 0.1) is 5.92 Å². The van der Waals surface area contributed by atoms with Crippen LogP contribution in [0.1, 0.15) is 26.0 Å². The minimum absolute atomic E-state index is 0.537. The van der Waals surface area contributed by atoms with E-state index in [1.54, 1.807) is 0 Å². The summed E-state index contributed by atoms with van der Waals surface area (Å²) in [6, 6.07) is 2.63. The van der Waals surface area contributed by atoms with Gasteiger partial charge in [0.1, 0.15) is 0 Å². The van der Waals surface area contributed by atoms with E-state index >= 15 is 0 Å². The van der Waals surface area contributed by atoms with Crippen LogP contribution in [0.25, 0.3) is 0 Å². The molecule has 80 valence electrons. The van der Waals surface area contributed by atoms with E-state index in [0.717, 1.165) is 6.42 Å². The highest BCUT2D eigenvalue weighted by atomic mass is 15.2. The van der Waals surface area contributed by atoms with E-state index in [-0.39, 0.29) is 0 Å². The van der Waals surface area contributed by atoms with Crippen LogP contribution in [0.2, 0.25) is 0 Å². The summed E-state index contributed by atoms with van der Waals surface area (Å²) in [4.78, 5) is 0. The lowest BCUT2D eigenvalue weighted by Gasteiger charge is -2.21. The molecule has 0 aliphatic carbocycles. The first-order valence-electron chi connectivity index (χ1n) is 5.33. The highest BCUT2D eigenvalue weighted by Crippen LogP contribution is 2.11. The number of nitrogens with zero attached hydrogens (tertiary/aromatic N) is 2. The maximum atomic E-state index is 4.39. The summed E-state index contributed by atoms with van der Waals surface area (Å²) < 4.78 is 1.86. The molecule has 1 rings (SSSR count). The summed E-state index contributed by atoms with van der Waals surface area (Å²) >= 11 is 0. The second-order valence-electron chi connectivity index (χ2n) is 3.97. The third kappa shape index (κ3) is 2.84. The standard InChI is InChI=1S/C11H21N3/c1-5-9(2)11(12-3)8-10-6-7-14(4)13-10/h6-7,9,11-12H,5,8H2,1-4H3. The molecule has 1 heterocycles. The largest absolute Gasteiger partial charge is 0.316 e. The lowest BCUT2D eigenvalue weighted by Crippen LogP contribution is -2.34. The van der Waals surface area contributed by atoms with Gasteiger partial charge in [-0.3, -0.25) is 4.68 Å². The van der Waals surface area contributed by atoms with E-state index in [4.69, 9.17) is 0 Å². The summed E-state index contributed by atoms with van der Waals surface area (Å²) in [5.74, 6) is 0.696. The van der Waals surface area contributed by atoms with Crippen molar-refractivity contribution in [2.24, 2.45) is 13.0 Å². The molecule has 0 radical (unpaired) electrons. The summed E-state index contributed by atoms with van der Waals surface area (Å²) in [5, 5.41) is 7.75. The maximum Gasteiger partial charge on any atom is 0.0640 e. The molecule has 3 heteroatoms. The average Bonchev–Trinajstić information content (AvgIpc) is 2.59. The monoisotopic (exact) mass is 195 g/mol. The van der Waals surface area contributed by atoms with Crippen molar-refractivity contribution in [3.63, 3.8) is 0 Å². The predicted molar refractivity (Wildman–Crippen MR) is 59.2 cm³/mol. The van der Waals surface area contributed by atoms with E-state index in [1.165, 1.54) is 12.1 Å². The predicted octanol–water partition coefficient (Wildman–Crippen LogP) is 1.60. The topological polar surface area (TPSA) is 29.9 Å². The first kappa shape index (κ1) is 11.2. The minimum atomic E-state index is 0.537. The molecule has 1 N–H and O–H groups in total. The number of aromatic nitrogens is 2. The van der Waals surface area contributed by atoms with Gasteiger partial charge in [-0.2, -0.15) is 5.10 Å². The van der Waals surface area contributed by atoms with Gasteiger partial charge in [0.15, 0.2) is 0 Å². The molecule has 2 unspecified atom stereocenters. The molecule has 0 saturated carbocycles. The molecular weight excluding hydrogens is 174 g/mol. The first-order chi connectivity index (χ1) is 6.67. The number of aryl methyl sites for hydroxylation is 1. The average molecular weight is 195 g/mol. The van der Waals surface area contributed by atoms with Crippen molar-refractivity contribution < 1.29 is 0 Å². The summed E-state index contributed by atoms with van der Waals surface area (Å²) in [6.45, 7) is 4.51. The molecule has 0 saturated heterocycles. The van der Waals surface area contributed by atoms with Crippen molar-refractivity contribution in [3.05, 3.63) is 18.0 Å². The molecule has 0 aliphatic rings. The van der Waals surface area contributed by atoms with Gasteiger partial charge in [-0.25, -0.2) is 0 Å². The Morgan fingerprint density at radius 2 is 2.29 bits per heavy atom. The molecule has 0 aliphatic heterocycles. The molecule has 14 heavy (non-hydrogen) atoms. The van der Waals surface area contributed by atoms with E-state index in [9.17, 15) is 0 Å². The minimum Gasteiger partial charge on any atom is -0.316 e. The number of rotatable bonds is 5. The smallest absolute Gasteiger partial charge is 0.0640 e. The number of hydrogen-bond acceptors (Lipinski definition) is 2. The molecule has 0 fully saturated rings. The quantitative estimate of drug-likeness (QED) is 0.773. The highest BCUT2D eigenvalue weighted by molar-refractivity contribution is 5.01. The Kier molecular flexibility index (Phi) is 4.14. The molecular formula is C11H21N3. The van der Waals surface area contributed by atoms with Crippen LogP contribution in [0.4, 0.5) is 0 Å². The third-order valence-corrected chi connectivity index (χ3v) is 2.90. The van der Waals surface area contributed by atoms with Crippen molar-refractivity contribution in [3.8, 4) is 0 Å². The van der Waals surface area contributed by atoms with Crippen LogP contribution in [-0.2, 0) is 13.5 Å². The fourth-order valence-corrected chi connectivity index (χ4v) is 1.67. The fourth-order valence-electron chi connectivity index (χ4n) is 1.67. The Balaban J connectivity index is 2.56. The Morgan fingerprint density at radius 3 is 2.71 bits per heavy atom. The maximum absolute atomic E-state index is 4.39. The molecule has 1 aromatic rings. The van der Waals surface area contributed by atoms with Gasteiger partial charge in [0.2, 0.25) is 0 Å².